The first-order valence-corrected chi connectivity index (χ1v) is 10.9. The smallest absolute Gasteiger partial charge is 0.248 e. The zero-order valence-corrected chi connectivity index (χ0v) is 16.8. The van der Waals surface area contributed by atoms with Crippen LogP contribution >= 0.6 is 0 Å². The molecule has 0 aliphatic carbocycles. The third kappa shape index (κ3) is 5.77. The molecule has 7 nitrogen and oxygen atoms in total. The fourth-order valence-corrected chi connectivity index (χ4v) is 4.70. The van der Waals surface area contributed by atoms with E-state index in [9.17, 15) is 18.0 Å². The molecule has 1 aliphatic rings. The standard InChI is InChI=1S/C19H29N3O4S/c1-3-5-15-6-4-12-22(13-11-15)19(24)14(2)21-27(25,26)17-9-7-16(8-10-17)18(20)23/h7-10,14-15,21H,3-6,11-13H2,1-2H3,(H2,20,23)/t14-,15-/m0/s1. The van der Waals surface area contributed by atoms with Crippen LogP contribution in [0.1, 0.15) is 56.3 Å². The van der Waals surface area contributed by atoms with Gasteiger partial charge in [-0.15, -0.1) is 0 Å². The Balaban J connectivity index is 2.01. The second-order valence-corrected chi connectivity index (χ2v) is 8.86. The largest absolute Gasteiger partial charge is 0.366 e. The molecule has 8 heteroatoms. The molecule has 0 radical (unpaired) electrons. The normalized spacial score (nSPS) is 19.3. The van der Waals surface area contributed by atoms with Crippen LogP contribution in [0.3, 0.4) is 0 Å². The molecule has 1 saturated heterocycles. The molecule has 0 bridgehead atoms. The maximum atomic E-state index is 12.7. The van der Waals surface area contributed by atoms with Crippen molar-refractivity contribution in [3.05, 3.63) is 29.8 Å². The van der Waals surface area contributed by atoms with Crippen molar-refractivity contribution in [3.63, 3.8) is 0 Å². The number of nitrogens with zero attached hydrogens (tertiary/aromatic N) is 1. The SMILES string of the molecule is CCC[C@H]1CCCN(C(=O)[C@H](C)NS(=O)(=O)c2ccc(C(N)=O)cc2)CC1. The van der Waals surface area contributed by atoms with Crippen LogP contribution in [0.4, 0.5) is 0 Å². The van der Waals surface area contributed by atoms with Crippen molar-refractivity contribution in [2.24, 2.45) is 11.7 Å². The Bertz CT molecular complexity index is 762. The maximum absolute atomic E-state index is 12.7. The van der Waals surface area contributed by atoms with E-state index in [2.05, 4.69) is 11.6 Å². The van der Waals surface area contributed by atoms with Crippen LogP contribution in [-0.4, -0.2) is 44.3 Å². The van der Waals surface area contributed by atoms with Crippen LogP contribution < -0.4 is 10.5 Å². The van der Waals surface area contributed by atoms with Crippen LogP contribution in [0.5, 0.6) is 0 Å². The number of sulfonamides is 1. The van der Waals surface area contributed by atoms with Crippen molar-refractivity contribution in [2.45, 2.75) is 56.9 Å². The van der Waals surface area contributed by atoms with Crippen molar-refractivity contribution >= 4 is 21.8 Å². The van der Waals surface area contributed by atoms with Gasteiger partial charge in [-0.2, -0.15) is 4.72 Å². The average molecular weight is 396 g/mol. The van der Waals surface area contributed by atoms with Gasteiger partial charge in [0.1, 0.15) is 0 Å². The third-order valence-corrected chi connectivity index (χ3v) is 6.56. The fourth-order valence-electron chi connectivity index (χ4n) is 3.51. The minimum atomic E-state index is -3.86. The lowest BCUT2D eigenvalue weighted by Gasteiger charge is -2.25. The monoisotopic (exact) mass is 395 g/mol. The van der Waals surface area contributed by atoms with E-state index in [0.717, 1.165) is 25.7 Å². The van der Waals surface area contributed by atoms with Gasteiger partial charge in [0.15, 0.2) is 0 Å². The highest BCUT2D eigenvalue weighted by molar-refractivity contribution is 7.89. The third-order valence-electron chi connectivity index (χ3n) is 5.01. The Morgan fingerprint density at radius 1 is 1.22 bits per heavy atom. The molecule has 0 spiro atoms. The summed E-state index contributed by atoms with van der Waals surface area (Å²) < 4.78 is 27.5. The first kappa shape index (κ1) is 21.4. The van der Waals surface area contributed by atoms with Crippen molar-refractivity contribution in [1.82, 2.24) is 9.62 Å². The van der Waals surface area contributed by atoms with E-state index >= 15 is 0 Å². The second kappa shape index (κ2) is 9.32. The summed E-state index contributed by atoms with van der Waals surface area (Å²) in [6.45, 7) is 5.06. The molecule has 3 N–H and O–H groups in total. The summed E-state index contributed by atoms with van der Waals surface area (Å²) in [5.41, 5.74) is 5.39. The van der Waals surface area contributed by atoms with E-state index < -0.39 is 22.0 Å². The molecular weight excluding hydrogens is 366 g/mol. The molecule has 1 aliphatic heterocycles. The molecule has 2 atom stereocenters. The molecule has 0 saturated carbocycles. The highest BCUT2D eigenvalue weighted by atomic mass is 32.2. The van der Waals surface area contributed by atoms with Crippen LogP contribution in [0.25, 0.3) is 0 Å². The zero-order chi connectivity index (χ0) is 20.0. The molecule has 27 heavy (non-hydrogen) atoms. The van der Waals surface area contributed by atoms with Gasteiger partial charge in [0.05, 0.1) is 10.9 Å². The number of hydrogen-bond donors (Lipinski definition) is 2. The van der Waals surface area contributed by atoms with Gasteiger partial charge in [0.25, 0.3) is 0 Å². The Morgan fingerprint density at radius 2 is 1.89 bits per heavy atom. The minimum absolute atomic E-state index is 0.00831. The fraction of sp³-hybridized carbons (Fsp3) is 0.579. The first-order valence-electron chi connectivity index (χ1n) is 9.45. The molecule has 150 valence electrons. The van der Waals surface area contributed by atoms with Gasteiger partial charge >= 0.3 is 0 Å². The molecule has 2 rings (SSSR count). The molecule has 1 aromatic carbocycles. The quantitative estimate of drug-likeness (QED) is 0.734. The first-order chi connectivity index (χ1) is 12.7. The van der Waals surface area contributed by atoms with Crippen LogP contribution in [0, 0.1) is 5.92 Å². The Labute approximate surface area is 161 Å². The zero-order valence-electron chi connectivity index (χ0n) is 16.0. The van der Waals surface area contributed by atoms with Gasteiger partial charge in [-0.3, -0.25) is 9.59 Å². The van der Waals surface area contributed by atoms with Gasteiger partial charge in [0.2, 0.25) is 21.8 Å². The summed E-state index contributed by atoms with van der Waals surface area (Å²) in [5.74, 6) is -0.189. The Kier molecular flexibility index (Phi) is 7.38. The van der Waals surface area contributed by atoms with E-state index in [0.29, 0.717) is 19.0 Å². The average Bonchev–Trinajstić information content (AvgIpc) is 2.86. The predicted molar refractivity (Wildman–Crippen MR) is 104 cm³/mol. The summed E-state index contributed by atoms with van der Waals surface area (Å²) in [6.07, 6.45) is 5.34. The summed E-state index contributed by atoms with van der Waals surface area (Å²) in [5, 5.41) is 0. The number of benzene rings is 1. The van der Waals surface area contributed by atoms with E-state index in [-0.39, 0.29) is 16.4 Å². The predicted octanol–water partition coefficient (Wildman–Crippen LogP) is 1.88. The number of carbonyl (C=O) groups is 2. The highest BCUT2D eigenvalue weighted by Gasteiger charge is 2.27. The van der Waals surface area contributed by atoms with E-state index in [1.54, 1.807) is 11.8 Å². The molecule has 1 fully saturated rings. The van der Waals surface area contributed by atoms with Gasteiger partial charge in [0, 0.05) is 18.7 Å². The summed E-state index contributed by atoms with van der Waals surface area (Å²) in [6, 6.07) is 4.47. The molecule has 1 aromatic rings. The Hall–Kier alpha value is -1.93. The summed E-state index contributed by atoms with van der Waals surface area (Å²) in [4.78, 5) is 25.6. The second-order valence-electron chi connectivity index (χ2n) is 7.14. The van der Waals surface area contributed by atoms with Crippen molar-refractivity contribution in [3.8, 4) is 0 Å². The lowest BCUT2D eigenvalue weighted by molar-refractivity contribution is -0.132. The van der Waals surface area contributed by atoms with Crippen LogP contribution in [0.2, 0.25) is 0 Å². The van der Waals surface area contributed by atoms with Crippen LogP contribution in [0.15, 0.2) is 29.2 Å². The minimum Gasteiger partial charge on any atom is -0.366 e. The van der Waals surface area contributed by atoms with Crippen molar-refractivity contribution in [2.75, 3.05) is 13.1 Å². The van der Waals surface area contributed by atoms with Gasteiger partial charge in [-0.25, -0.2) is 8.42 Å². The molecular formula is C19H29N3O4S. The molecule has 0 unspecified atom stereocenters. The molecule has 2 amide bonds. The van der Waals surface area contributed by atoms with Gasteiger partial charge in [-0.05, 0) is 56.4 Å². The Morgan fingerprint density at radius 3 is 2.48 bits per heavy atom. The number of carbonyl (C=O) groups excluding carboxylic acids is 2. The lowest BCUT2D eigenvalue weighted by Crippen LogP contribution is -2.47. The van der Waals surface area contributed by atoms with E-state index in [1.807, 2.05) is 0 Å². The summed E-state index contributed by atoms with van der Waals surface area (Å²) in [7, 11) is -3.86. The highest BCUT2D eigenvalue weighted by Crippen LogP contribution is 2.22. The number of rotatable bonds is 7. The lowest BCUT2D eigenvalue weighted by atomic mass is 9.96. The van der Waals surface area contributed by atoms with Crippen LogP contribution in [-0.2, 0) is 14.8 Å². The number of nitrogens with two attached hydrogens (primary N) is 1. The number of likely N-dealkylation sites (tertiary alicyclic amines) is 1. The van der Waals surface area contributed by atoms with Crippen molar-refractivity contribution in [1.29, 1.82) is 0 Å². The van der Waals surface area contributed by atoms with Gasteiger partial charge in [-0.1, -0.05) is 19.8 Å². The number of amides is 2. The van der Waals surface area contributed by atoms with E-state index in [1.165, 1.54) is 30.7 Å². The molecule has 1 heterocycles. The number of hydrogen-bond acceptors (Lipinski definition) is 4. The maximum Gasteiger partial charge on any atom is 0.248 e. The van der Waals surface area contributed by atoms with Crippen molar-refractivity contribution < 1.29 is 18.0 Å². The number of nitrogens with one attached hydrogen (secondary N) is 1. The number of primary amides is 1. The topological polar surface area (TPSA) is 110 Å². The van der Waals surface area contributed by atoms with Gasteiger partial charge < -0.3 is 10.6 Å². The summed E-state index contributed by atoms with van der Waals surface area (Å²) >= 11 is 0. The van der Waals surface area contributed by atoms with E-state index in [4.69, 9.17) is 5.73 Å². The molecule has 0 aromatic heterocycles.